The zero-order valence-electron chi connectivity index (χ0n) is 4.84. The van der Waals surface area contributed by atoms with E-state index >= 15 is 0 Å². The van der Waals surface area contributed by atoms with Crippen molar-refractivity contribution in [2.24, 2.45) is 4.99 Å². The maximum atomic E-state index is 10.4. The van der Waals surface area contributed by atoms with Gasteiger partial charge in [-0.3, -0.25) is 4.79 Å². The molecule has 3 heteroatoms. The number of hydrogen-bond donors (Lipinski definition) is 0. The lowest BCUT2D eigenvalue weighted by atomic mass is 10.3. The van der Waals surface area contributed by atoms with Gasteiger partial charge in [0, 0.05) is 11.0 Å². The Bertz CT molecular complexity index is 153. The molecule has 1 heterocycles. The van der Waals surface area contributed by atoms with Crippen LogP contribution in [-0.4, -0.2) is 16.2 Å². The first-order chi connectivity index (χ1) is 3.70. The van der Waals surface area contributed by atoms with E-state index in [-0.39, 0.29) is 5.24 Å². The van der Waals surface area contributed by atoms with Crippen LogP contribution in [0.3, 0.4) is 0 Å². The predicted octanol–water partition coefficient (Wildman–Crippen LogP) is 1.70. The topological polar surface area (TPSA) is 29.4 Å². The summed E-state index contributed by atoms with van der Waals surface area (Å²) < 4.78 is 0. The van der Waals surface area contributed by atoms with Crippen LogP contribution in [0.15, 0.2) is 4.99 Å². The summed E-state index contributed by atoms with van der Waals surface area (Å²) in [5.74, 6) is 0. The Morgan fingerprint density at radius 3 is 2.50 bits per heavy atom. The normalized spacial score (nSPS) is 28.5. The van der Waals surface area contributed by atoms with Crippen molar-refractivity contribution >= 4 is 22.7 Å². The standard InChI is InChI=1S/C5H7NOS/c1-3-4(2)8-5(7)6-3/h4H,1-2H3/t4-/m1/s1. The molecule has 0 aliphatic carbocycles. The second-order valence-electron chi connectivity index (χ2n) is 1.78. The molecule has 0 fully saturated rings. The largest absolute Gasteiger partial charge is 0.305 e. The van der Waals surface area contributed by atoms with Crippen molar-refractivity contribution in [2.75, 3.05) is 0 Å². The molecule has 0 unspecified atom stereocenters. The second-order valence-corrected chi connectivity index (χ2v) is 3.07. The Hall–Kier alpha value is -0.310. The van der Waals surface area contributed by atoms with E-state index in [0.29, 0.717) is 5.25 Å². The molecule has 0 saturated heterocycles. The Morgan fingerprint density at radius 2 is 2.38 bits per heavy atom. The van der Waals surface area contributed by atoms with Gasteiger partial charge < -0.3 is 0 Å². The summed E-state index contributed by atoms with van der Waals surface area (Å²) in [7, 11) is 0. The lowest BCUT2D eigenvalue weighted by molar-refractivity contribution is 0.268. The first-order valence-electron chi connectivity index (χ1n) is 2.46. The van der Waals surface area contributed by atoms with E-state index in [1.165, 1.54) is 11.8 Å². The molecular formula is C5H7NOS. The SMILES string of the molecule is CC1=NC(=O)S[C@@H]1C. The molecule has 0 saturated carbocycles. The summed E-state index contributed by atoms with van der Waals surface area (Å²) >= 11 is 1.29. The number of amides is 1. The Labute approximate surface area is 52.4 Å². The van der Waals surface area contributed by atoms with E-state index in [4.69, 9.17) is 0 Å². The van der Waals surface area contributed by atoms with Crippen molar-refractivity contribution in [1.29, 1.82) is 0 Å². The third kappa shape index (κ3) is 0.916. The lowest BCUT2D eigenvalue weighted by Gasteiger charge is -1.93. The highest BCUT2D eigenvalue weighted by Gasteiger charge is 2.18. The molecule has 0 radical (unpaired) electrons. The van der Waals surface area contributed by atoms with Gasteiger partial charge in [-0.2, -0.15) is 0 Å². The number of aliphatic imine (C=N–C) groups is 1. The van der Waals surface area contributed by atoms with Crippen LogP contribution in [0.25, 0.3) is 0 Å². The minimum atomic E-state index is -0.0463. The van der Waals surface area contributed by atoms with Crippen molar-refractivity contribution in [3.8, 4) is 0 Å². The fraction of sp³-hybridized carbons (Fsp3) is 0.600. The summed E-state index contributed by atoms with van der Waals surface area (Å²) in [6.45, 7) is 3.86. The molecule has 1 aliphatic heterocycles. The molecule has 0 aromatic heterocycles. The van der Waals surface area contributed by atoms with Crippen LogP contribution in [0.1, 0.15) is 13.8 Å². The van der Waals surface area contributed by atoms with Gasteiger partial charge in [-0.15, -0.1) is 0 Å². The number of nitrogens with zero attached hydrogens (tertiary/aromatic N) is 1. The predicted molar refractivity (Wildman–Crippen MR) is 35.6 cm³/mol. The fourth-order valence-electron chi connectivity index (χ4n) is 0.498. The maximum absolute atomic E-state index is 10.4. The first kappa shape index (κ1) is 5.82. The molecule has 1 rings (SSSR count). The molecule has 0 bridgehead atoms. The van der Waals surface area contributed by atoms with Gasteiger partial charge in [0.05, 0.1) is 0 Å². The summed E-state index contributed by atoms with van der Waals surface area (Å²) in [4.78, 5) is 14.2. The molecule has 0 aromatic rings. The van der Waals surface area contributed by atoms with Crippen LogP contribution in [0, 0.1) is 0 Å². The lowest BCUT2D eigenvalue weighted by Crippen LogP contribution is -2.01. The van der Waals surface area contributed by atoms with E-state index in [1.807, 2.05) is 13.8 Å². The highest BCUT2D eigenvalue weighted by Crippen LogP contribution is 2.21. The molecule has 1 amide bonds. The van der Waals surface area contributed by atoms with Crippen LogP contribution in [0.5, 0.6) is 0 Å². The minimum absolute atomic E-state index is 0.0463. The monoisotopic (exact) mass is 129 g/mol. The zero-order chi connectivity index (χ0) is 6.15. The van der Waals surface area contributed by atoms with Crippen LogP contribution < -0.4 is 0 Å². The number of hydrogen-bond acceptors (Lipinski definition) is 2. The molecule has 0 N–H and O–H groups in total. The van der Waals surface area contributed by atoms with Crippen molar-refractivity contribution in [1.82, 2.24) is 0 Å². The highest BCUT2D eigenvalue weighted by atomic mass is 32.2. The zero-order valence-corrected chi connectivity index (χ0v) is 5.66. The summed E-state index contributed by atoms with van der Waals surface area (Å²) in [5, 5.41) is 0.262. The first-order valence-corrected chi connectivity index (χ1v) is 3.34. The van der Waals surface area contributed by atoms with Gasteiger partial charge in [-0.1, -0.05) is 11.8 Å². The van der Waals surface area contributed by atoms with E-state index in [9.17, 15) is 4.79 Å². The van der Waals surface area contributed by atoms with Crippen LogP contribution in [0.2, 0.25) is 0 Å². The molecule has 2 nitrogen and oxygen atoms in total. The summed E-state index contributed by atoms with van der Waals surface area (Å²) in [6.07, 6.45) is 0. The Balaban J connectivity index is 2.73. The van der Waals surface area contributed by atoms with E-state index in [2.05, 4.69) is 4.99 Å². The average molecular weight is 129 g/mol. The molecule has 1 atom stereocenters. The number of thioether (sulfide) groups is 1. The third-order valence-electron chi connectivity index (χ3n) is 1.13. The van der Waals surface area contributed by atoms with Gasteiger partial charge in [0.25, 0.3) is 0 Å². The third-order valence-corrected chi connectivity index (χ3v) is 2.12. The molecule has 0 aromatic carbocycles. The Kier molecular flexibility index (Phi) is 1.38. The highest BCUT2D eigenvalue weighted by molar-refractivity contribution is 8.15. The number of carbonyl (C=O) groups excluding carboxylic acids is 1. The number of carbonyl (C=O) groups is 1. The van der Waals surface area contributed by atoms with Crippen molar-refractivity contribution in [3.63, 3.8) is 0 Å². The van der Waals surface area contributed by atoms with E-state index < -0.39 is 0 Å². The molecule has 8 heavy (non-hydrogen) atoms. The van der Waals surface area contributed by atoms with Crippen molar-refractivity contribution < 1.29 is 4.79 Å². The molecule has 1 aliphatic rings. The van der Waals surface area contributed by atoms with Crippen LogP contribution >= 0.6 is 11.8 Å². The average Bonchev–Trinajstić information content (AvgIpc) is 1.85. The van der Waals surface area contributed by atoms with Gasteiger partial charge in [-0.05, 0) is 13.8 Å². The van der Waals surface area contributed by atoms with E-state index in [0.717, 1.165) is 5.71 Å². The minimum Gasteiger partial charge on any atom is -0.259 e. The van der Waals surface area contributed by atoms with Gasteiger partial charge in [0.2, 0.25) is 0 Å². The quantitative estimate of drug-likeness (QED) is 0.498. The Morgan fingerprint density at radius 1 is 1.75 bits per heavy atom. The number of rotatable bonds is 0. The van der Waals surface area contributed by atoms with Crippen LogP contribution in [0.4, 0.5) is 4.79 Å². The summed E-state index contributed by atoms with van der Waals surface area (Å²) in [6, 6.07) is 0. The van der Waals surface area contributed by atoms with Gasteiger partial charge in [-0.25, -0.2) is 4.99 Å². The molecule has 0 spiro atoms. The smallest absolute Gasteiger partial charge is 0.259 e. The van der Waals surface area contributed by atoms with E-state index in [1.54, 1.807) is 0 Å². The summed E-state index contributed by atoms with van der Waals surface area (Å²) in [5.41, 5.74) is 0.944. The molecular weight excluding hydrogens is 122 g/mol. The van der Waals surface area contributed by atoms with Crippen LogP contribution in [-0.2, 0) is 0 Å². The fourth-order valence-corrected chi connectivity index (χ4v) is 1.22. The van der Waals surface area contributed by atoms with Gasteiger partial charge in [0.15, 0.2) is 0 Å². The molecule has 44 valence electrons. The second kappa shape index (κ2) is 1.90. The van der Waals surface area contributed by atoms with Crippen molar-refractivity contribution in [2.45, 2.75) is 19.1 Å². The maximum Gasteiger partial charge on any atom is 0.305 e. The van der Waals surface area contributed by atoms with Crippen molar-refractivity contribution in [3.05, 3.63) is 0 Å². The van der Waals surface area contributed by atoms with Gasteiger partial charge in [0.1, 0.15) is 0 Å². The van der Waals surface area contributed by atoms with Gasteiger partial charge >= 0.3 is 5.24 Å².